The zero-order chi connectivity index (χ0) is 23.6. The van der Waals surface area contributed by atoms with Crippen molar-refractivity contribution in [1.29, 1.82) is 0 Å². The molecule has 0 fully saturated rings. The average Bonchev–Trinajstić information content (AvgIpc) is 2.76. The molecule has 2 unspecified atom stereocenters. The van der Waals surface area contributed by atoms with Gasteiger partial charge in [0.2, 0.25) is 21.8 Å². The molecule has 1 radical (unpaired) electrons. The zero-order valence-electron chi connectivity index (χ0n) is 18.3. The molecule has 0 heterocycles. The molecule has 2 rings (SSSR count). The van der Waals surface area contributed by atoms with Gasteiger partial charge in [-0.2, -0.15) is 0 Å². The van der Waals surface area contributed by atoms with Gasteiger partial charge in [-0.05, 0) is 49.1 Å². The number of benzene rings is 2. The van der Waals surface area contributed by atoms with E-state index in [0.29, 0.717) is 24.3 Å². The Morgan fingerprint density at radius 3 is 2.34 bits per heavy atom. The summed E-state index contributed by atoms with van der Waals surface area (Å²) >= 11 is 0. The van der Waals surface area contributed by atoms with Gasteiger partial charge in [0.1, 0.15) is 5.75 Å². The monoisotopic (exact) mass is 460 g/mol. The molecule has 2 atom stereocenters. The Hall–Kier alpha value is -3.07. The number of rotatable bonds is 13. The molecule has 32 heavy (non-hydrogen) atoms. The first-order valence-corrected chi connectivity index (χ1v) is 11.9. The number of primary amides is 1. The standard InChI is InChI=1S/C23H30N3O5S/c1-17(23(24)28)8-15-22(27)25-20(10-9-18-6-4-3-5-7-18)16-32(29,30)26-19-11-13-21(31-2)14-12-19/h3-7,11-15,17,20,26H,8-10,16H2,1-2H3,(H2,24,28)(H,25,27). The van der Waals surface area contributed by atoms with Crippen LogP contribution in [0.25, 0.3) is 0 Å². The number of nitrogens with two attached hydrogens (primary N) is 1. The van der Waals surface area contributed by atoms with Crippen LogP contribution in [0.5, 0.6) is 5.75 Å². The van der Waals surface area contributed by atoms with Gasteiger partial charge in [0.05, 0.1) is 19.3 Å². The van der Waals surface area contributed by atoms with Gasteiger partial charge in [0.25, 0.3) is 0 Å². The van der Waals surface area contributed by atoms with Crippen molar-refractivity contribution in [2.24, 2.45) is 11.7 Å². The van der Waals surface area contributed by atoms with E-state index in [4.69, 9.17) is 10.5 Å². The van der Waals surface area contributed by atoms with Crippen molar-refractivity contribution < 1.29 is 22.7 Å². The van der Waals surface area contributed by atoms with Gasteiger partial charge in [-0.25, -0.2) is 8.42 Å². The predicted octanol–water partition coefficient (Wildman–Crippen LogP) is 2.27. The quantitative estimate of drug-likeness (QED) is 0.422. The summed E-state index contributed by atoms with van der Waals surface area (Å²) in [6.45, 7) is 1.63. The van der Waals surface area contributed by atoms with Crippen LogP contribution in [0.3, 0.4) is 0 Å². The molecule has 0 saturated carbocycles. The fourth-order valence-electron chi connectivity index (χ4n) is 2.99. The second-order valence-electron chi connectivity index (χ2n) is 7.59. The van der Waals surface area contributed by atoms with E-state index in [2.05, 4.69) is 10.0 Å². The molecule has 0 spiro atoms. The lowest BCUT2D eigenvalue weighted by molar-refractivity contribution is -0.121. The Morgan fingerprint density at radius 1 is 1.09 bits per heavy atom. The fraction of sp³-hybridized carbons (Fsp3) is 0.348. The lowest BCUT2D eigenvalue weighted by Gasteiger charge is -2.20. The number of ether oxygens (including phenoxy) is 1. The zero-order valence-corrected chi connectivity index (χ0v) is 19.1. The van der Waals surface area contributed by atoms with Gasteiger partial charge < -0.3 is 15.8 Å². The van der Waals surface area contributed by atoms with Gasteiger partial charge in [-0.3, -0.25) is 14.3 Å². The molecule has 2 aromatic rings. The fourth-order valence-corrected chi connectivity index (χ4v) is 4.35. The maximum atomic E-state index is 12.7. The van der Waals surface area contributed by atoms with Crippen LogP contribution >= 0.6 is 0 Å². The third-order valence-corrected chi connectivity index (χ3v) is 6.29. The SMILES string of the molecule is COc1ccc(NS(=O)(=O)CC(CCc2ccccc2)NC(=O)[CH]CC(C)C(N)=O)cc1. The third-order valence-electron chi connectivity index (χ3n) is 4.90. The number of carbonyl (C=O) groups is 2. The van der Waals surface area contributed by atoms with Crippen molar-refractivity contribution in [3.8, 4) is 5.75 Å². The Morgan fingerprint density at radius 2 is 1.75 bits per heavy atom. The predicted molar refractivity (Wildman–Crippen MR) is 124 cm³/mol. The van der Waals surface area contributed by atoms with E-state index in [0.717, 1.165) is 5.56 Å². The largest absolute Gasteiger partial charge is 0.497 e. The second kappa shape index (κ2) is 12.1. The van der Waals surface area contributed by atoms with Gasteiger partial charge >= 0.3 is 0 Å². The van der Waals surface area contributed by atoms with E-state index < -0.39 is 33.8 Å². The van der Waals surface area contributed by atoms with E-state index in [-0.39, 0.29) is 12.2 Å². The van der Waals surface area contributed by atoms with Crippen LogP contribution < -0.4 is 20.5 Å². The minimum atomic E-state index is -3.74. The van der Waals surface area contributed by atoms with Gasteiger partial charge in [-0.15, -0.1) is 0 Å². The molecule has 8 nitrogen and oxygen atoms in total. The Kier molecular flexibility index (Phi) is 9.52. The van der Waals surface area contributed by atoms with E-state index in [1.807, 2.05) is 30.3 Å². The van der Waals surface area contributed by atoms with Crippen molar-refractivity contribution in [3.05, 3.63) is 66.6 Å². The summed E-state index contributed by atoms with van der Waals surface area (Å²) in [4.78, 5) is 23.5. The van der Waals surface area contributed by atoms with Crippen LogP contribution in [-0.2, 0) is 26.0 Å². The topological polar surface area (TPSA) is 128 Å². The average molecular weight is 461 g/mol. The molecule has 0 aliphatic rings. The number of sulfonamides is 1. The summed E-state index contributed by atoms with van der Waals surface area (Å²) in [7, 11) is -2.21. The van der Waals surface area contributed by atoms with E-state index >= 15 is 0 Å². The molecule has 9 heteroatoms. The first-order valence-electron chi connectivity index (χ1n) is 10.3. The highest BCUT2D eigenvalue weighted by Gasteiger charge is 2.22. The highest BCUT2D eigenvalue weighted by molar-refractivity contribution is 7.92. The summed E-state index contributed by atoms with van der Waals surface area (Å²) in [5, 5.41) is 2.76. The highest BCUT2D eigenvalue weighted by Crippen LogP contribution is 2.17. The van der Waals surface area contributed by atoms with Gasteiger partial charge in [0.15, 0.2) is 0 Å². The number of anilines is 1. The number of amides is 2. The van der Waals surface area contributed by atoms with Crippen molar-refractivity contribution in [3.63, 3.8) is 0 Å². The lowest BCUT2D eigenvalue weighted by Crippen LogP contribution is -2.42. The molecule has 173 valence electrons. The van der Waals surface area contributed by atoms with Crippen LogP contribution in [0.15, 0.2) is 54.6 Å². The number of hydrogen-bond donors (Lipinski definition) is 3. The summed E-state index contributed by atoms with van der Waals surface area (Å²) in [6.07, 6.45) is 2.54. The number of aryl methyl sites for hydroxylation is 1. The summed E-state index contributed by atoms with van der Waals surface area (Å²) in [6, 6.07) is 15.5. The molecule has 2 amide bonds. The van der Waals surface area contributed by atoms with Crippen LogP contribution in [0.4, 0.5) is 5.69 Å². The first-order chi connectivity index (χ1) is 15.2. The van der Waals surface area contributed by atoms with E-state index in [1.54, 1.807) is 31.2 Å². The molecule has 4 N–H and O–H groups in total. The number of methoxy groups -OCH3 is 1. The molecule has 0 aliphatic heterocycles. The van der Waals surface area contributed by atoms with Gasteiger partial charge in [-0.1, -0.05) is 37.3 Å². The Balaban J connectivity index is 2.04. The molecular formula is C23H30N3O5S. The first kappa shape index (κ1) is 25.2. The minimum Gasteiger partial charge on any atom is -0.497 e. The van der Waals surface area contributed by atoms with Crippen molar-refractivity contribution in [2.45, 2.75) is 32.2 Å². The normalized spacial score (nSPS) is 13.1. The molecule has 0 aliphatic carbocycles. The highest BCUT2D eigenvalue weighted by atomic mass is 32.2. The van der Waals surface area contributed by atoms with Crippen LogP contribution in [0, 0.1) is 12.3 Å². The van der Waals surface area contributed by atoms with Crippen molar-refractivity contribution >= 4 is 27.5 Å². The molecule has 0 saturated heterocycles. The third kappa shape index (κ3) is 8.97. The smallest absolute Gasteiger partial charge is 0.234 e. The lowest BCUT2D eigenvalue weighted by atomic mass is 10.0. The minimum absolute atomic E-state index is 0.184. The number of nitrogens with one attached hydrogen (secondary N) is 2. The van der Waals surface area contributed by atoms with Crippen LogP contribution in [0.2, 0.25) is 0 Å². The Bertz CT molecular complexity index is 978. The number of hydrogen-bond acceptors (Lipinski definition) is 5. The van der Waals surface area contributed by atoms with Crippen LogP contribution in [-0.4, -0.2) is 39.1 Å². The van der Waals surface area contributed by atoms with E-state index in [1.165, 1.54) is 13.5 Å². The summed E-state index contributed by atoms with van der Waals surface area (Å²) in [5.74, 6) is -1.10. The van der Waals surface area contributed by atoms with Crippen molar-refractivity contribution in [2.75, 3.05) is 17.6 Å². The maximum absolute atomic E-state index is 12.7. The molecule has 0 aromatic heterocycles. The van der Waals surface area contributed by atoms with Crippen LogP contribution in [0.1, 0.15) is 25.3 Å². The Labute approximate surface area is 189 Å². The second-order valence-corrected chi connectivity index (χ2v) is 9.35. The maximum Gasteiger partial charge on any atom is 0.234 e. The number of carbonyl (C=O) groups excluding carboxylic acids is 2. The van der Waals surface area contributed by atoms with Crippen molar-refractivity contribution in [1.82, 2.24) is 5.32 Å². The molecular weight excluding hydrogens is 430 g/mol. The molecule has 2 aromatic carbocycles. The molecule has 0 bridgehead atoms. The van der Waals surface area contributed by atoms with E-state index in [9.17, 15) is 18.0 Å². The summed E-state index contributed by atoms with van der Waals surface area (Å²) < 4.78 is 33.1. The van der Waals surface area contributed by atoms with Gasteiger partial charge in [0, 0.05) is 17.6 Å². The summed E-state index contributed by atoms with van der Waals surface area (Å²) in [5.41, 5.74) is 6.67.